The third-order valence-corrected chi connectivity index (χ3v) is 5.18. The van der Waals surface area contributed by atoms with Gasteiger partial charge in [0.1, 0.15) is 5.76 Å². The second kappa shape index (κ2) is 6.40. The van der Waals surface area contributed by atoms with Gasteiger partial charge in [-0.15, -0.1) is 10.2 Å². The molecule has 0 aliphatic heterocycles. The number of nitrogens with zero attached hydrogens (tertiary/aromatic N) is 3. The number of nitrogens with one attached hydrogen (secondary N) is 1. The summed E-state index contributed by atoms with van der Waals surface area (Å²) in [5.74, 6) is 1.26. The molecule has 1 N–H and O–H groups in total. The van der Waals surface area contributed by atoms with Crippen LogP contribution in [0.25, 0.3) is 5.78 Å². The number of hydrogen-bond acceptors (Lipinski definition) is 7. The van der Waals surface area contributed by atoms with E-state index in [1.807, 2.05) is 4.40 Å². The van der Waals surface area contributed by atoms with Crippen LogP contribution in [0.5, 0.6) is 0 Å². The average Bonchev–Trinajstić information content (AvgIpc) is 3.26. The van der Waals surface area contributed by atoms with Crippen LogP contribution in [0, 0.1) is 0 Å². The van der Waals surface area contributed by atoms with Crippen LogP contribution in [0.1, 0.15) is 40.4 Å². The first kappa shape index (κ1) is 15.9. The van der Waals surface area contributed by atoms with Crippen molar-refractivity contribution < 1.29 is 13.9 Å². The molecule has 25 heavy (non-hydrogen) atoms. The summed E-state index contributed by atoms with van der Waals surface area (Å²) in [6, 6.07) is 3.32. The van der Waals surface area contributed by atoms with Crippen LogP contribution >= 0.6 is 11.8 Å². The Balaban J connectivity index is 1.63. The van der Waals surface area contributed by atoms with Gasteiger partial charge >= 0.3 is 5.97 Å². The molecule has 0 amide bonds. The largest absolute Gasteiger partial charge is 0.463 e. The number of ether oxygens (including phenoxy) is 1. The molecule has 3 heterocycles. The van der Waals surface area contributed by atoms with Crippen molar-refractivity contribution >= 4 is 23.5 Å². The van der Waals surface area contributed by atoms with E-state index in [0.717, 1.165) is 36.9 Å². The van der Waals surface area contributed by atoms with Crippen LogP contribution in [0.2, 0.25) is 0 Å². The fraction of sp³-hybridized carbons (Fsp3) is 0.375. The van der Waals surface area contributed by atoms with E-state index in [-0.39, 0.29) is 11.3 Å². The first-order valence-corrected chi connectivity index (χ1v) is 8.95. The maximum atomic E-state index is 12.2. The number of methoxy groups -OCH3 is 1. The van der Waals surface area contributed by atoms with Gasteiger partial charge in [0.05, 0.1) is 12.9 Å². The number of hydrogen-bond donors (Lipinski definition) is 1. The van der Waals surface area contributed by atoms with E-state index in [4.69, 9.17) is 4.42 Å². The lowest BCUT2D eigenvalue weighted by atomic mass is 9.97. The van der Waals surface area contributed by atoms with Crippen molar-refractivity contribution in [2.45, 2.75) is 36.6 Å². The molecule has 1 aliphatic carbocycles. The van der Waals surface area contributed by atoms with Gasteiger partial charge in [0.15, 0.2) is 5.16 Å². The number of carbonyl (C=O) groups is 1. The van der Waals surface area contributed by atoms with Crippen molar-refractivity contribution in [1.82, 2.24) is 19.6 Å². The predicted molar refractivity (Wildman–Crippen MR) is 89.9 cm³/mol. The minimum atomic E-state index is -0.504. The number of aromatic nitrogens is 4. The van der Waals surface area contributed by atoms with E-state index in [1.54, 1.807) is 12.1 Å². The third kappa shape index (κ3) is 2.84. The maximum absolute atomic E-state index is 12.2. The van der Waals surface area contributed by atoms with Gasteiger partial charge in [0.25, 0.3) is 5.56 Å². The molecule has 8 nitrogen and oxygen atoms in total. The molecule has 0 unspecified atom stereocenters. The lowest BCUT2D eigenvalue weighted by Gasteiger charge is -2.16. The van der Waals surface area contributed by atoms with Crippen molar-refractivity contribution in [3.63, 3.8) is 0 Å². The molecular weight excluding hydrogens is 344 g/mol. The number of thioether (sulfide) groups is 1. The molecule has 0 fully saturated rings. The van der Waals surface area contributed by atoms with E-state index in [0.29, 0.717) is 22.4 Å². The fourth-order valence-electron chi connectivity index (χ4n) is 3.05. The number of rotatable bonds is 4. The Hall–Kier alpha value is -2.55. The molecule has 3 aromatic rings. The van der Waals surface area contributed by atoms with E-state index < -0.39 is 5.97 Å². The van der Waals surface area contributed by atoms with Gasteiger partial charge in [0, 0.05) is 11.3 Å². The summed E-state index contributed by atoms with van der Waals surface area (Å²) in [5, 5.41) is 8.96. The van der Waals surface area contributed by atoms with Crippen molar-refractivity contribution in [3.8, 4) is 0 Å². The van der Waals surface area contributed by atoms with Crippen LogP contribution in [0.4, 0.5) is 0 Å². The second-order valence-electron chi connectivity index (χ2n) is 5.77. The van der Waals surface area contributed by atoms with Gasteiger partial charge < -0.3 is 9.15 Å². The minimum Gasteiger partial charge on any atom is -0.463 e. The first-order valence-electron chi connectivity index (χ1n) is 7.96. The topological polar surface area (TPSA) is 102 Å². The van der Waals surface area contributed by atoms with Gasteiger partial charge in [-0.2, -0.15) is 0 Å². The molecule has 0 saturated carbocycles. The zero-order valence-corrected chi connectivity index (χ0v) is 14.4. The molecule has 0 bridgehead atoms. The van der Waals surface area contributed by atoms with Crippen molar-refractivity contribution in [3.05, 3.63) is 45.3 Å². The van der Waals surface area contributed by atoms with Crippen molar-refractivity contribution in [2.24, 2.45) is 0 Å². The summed E-state index contributed by atoms with van der Waals surface area (Å²) >= 11 is 1.44. The smallest absolute Gasteiger partial charge is 0.373 e. The molecule has 0 spiro atoms. The van der Waals surface area contributed by atoms with Gasteiger partial charge in [-0.05, 0) is 37.8 Å². The Morgan fingerprint density at radius 3 is 3.04 bits per heavy atom. The highest BCUT2D eigenvalue weighted by Crippen LogP contribution is 2.26. The van der Waals surface area contributed by atoms with Crippen molar-refractivity contribution in [1.29, 1.82) is 0 Å². The summed E-state index contributed by atoms with van der Waals surface area (Å²) in [5.41, 5.74) is 1.75. The highest BCUT2D eigenvalue weighted by molar-refractivity contribution is 7.98. The number of fused-ring (bicyclic) bond motifs is 3. The lowest BCUT2D eigenvalue weighted by Crippen LogP contribution is -2.22. The molecule has 0 aromatic carbocycles. The summed E-state index contributed by atoms with van der Waals surface area (Å²) in [7, 11) is 1.31. The summed E-state index contributed by atoms with van der Waals surface area (Å²) in [6.45, 7) is 0. The van der Waals surface area contributed by atoms with E-state index in [2.05, 4.69) is 19.9 Å². The monoisotopic (exact) mass is 360 g/mol. The maximum Gasteiger partial charge on any atom is 0.373 e. The highest BCUT2D eigenvalue weighted by atomic mass is 32.2. The van der Waals surface area contributed by atoms with Gasteiger partial charge in [0.2, 0.25) is 11.5 Å². The Morgan fingerprint density at radius 2 is 2.20 bits per heavy atom. The predicted octanol–water partition coefficient (Wildman–Crippen LogP) is 1.97. The Labute approximate surface area is 146 Å². The minimum absolute atomic E-state index is 0.0695. The Kier molecular flexibility index (Phi) is 4.08. The van der Waals surface area contributed by atoms with Crippen LogP contribution < -0.4 is 5.56 Å². The Bertz CT molecular complexity index is 1000. The van der Waals surface area contributed by atoms with Gasteiger partial charge in [-0.1, -0.05) is 11.8 Å². The number of esters is 1. The van der Waals surface area contributed by atoms with Crippen LogP contribution in [0.3, 0.4) is 0 Å². The molecule has 1 aliphatic rings. The molecule has 0 saturated heterocycles. The molecule has 0 atom stereocenters. The molecule has 0 radical (unpaired) electrons. The fourth-order valence-corrected chi connectivity index (χ4v) is 3.90. The first-order chi connectivity index (χ1) is 12.2. The van der Waals surface area contributed by atoms with Crippen LogP contribution in [-0.2, 0) is 23.3 Å². The summed E-state index contributed by atoms with van der Waals surface area (Å²) < 4.78 is 12.0. The zero-order valence-electron chi connectivity index (χ0n) is 13.6. The number of aryl methyl sites for hydroxylation is 1. The Morgan fingerprint density at radius 1 is 1.36 bits per heavy atom. The SMILES string of the molecule is COC(=O)c1ccc(CSc2nnc3[nH]c(=O)c4c(n23)CCCC4)o1. The van der Waals surface area contributed by atoms with E-state index >= 15 is 0 Å². The van der Waals surface area contributed by atoms with Gasteiger partial charge in [-0.25, -0.2) is 4.79 Å². The molecule has 4 rings (SSSR count). The normalized spacial score (nSPS) is 13.8. The van der Waals surface area contributed by atoms with Gasteiger partial charge in [-0.3, -0.25) is 14.2 Å². The lowest BCUT2D eigenvalue weighted by molar-refractivity contribution is 0.0563. The summed E-state index contributed by atoms with van der Waals surface area (Å²) in [6.07, 6.45) is 3.70. The average molecular weight is 360 g/mol. The van der Waals surface area contributed by atoms with E-state index in [1.165, 1.54) is 18.9 Å². The van der Waals surface area contributed by atoms with Crippen LogP contribution in [-0.4, -0.2) is 32.7 Å². The molecule has 3 aromatic heterocycles. The van der Waals surface area contributed by atoms with Crippen molar-refractivity contribution in [2.75, 3.05) is 7.11 Å². The molecular formula is C16H16N4O4S. The number of carbonyl (C=O) groups excluding carboxylic acids is 1. The number of aromatic amines is 1. The second-order valence-corrected chi connectivity index (χ2v) is 6.72. The molecule has 130 valence electrons. The third-order valence-electron chi connectivity index (χ3n) is 4.23. The number of furan rings is 1. The molecule has 9 heteroatoms. The van der Waals surface area contributed by atoms with E-state index in [9.17, 15) is 9.59 Å². The standard InChI is InChI=1S/C16H16N4O4S/c1-23-14(22)12-7-6-9(24-12)8-25-16-19-18-15-17-13(21)10-4-2-3-5-11(10)20(15)16/h6-7H,2-5,8H2,1H3,(H,17,18,21). The zero-order chi connectivity index (χ0) is 17.4. The quantitative estimate of drug-likeness (QED) is 0.560. The summed E-state index contributed by atoms with van der Waals surface area (Å²) in [4.78, 5) is 26.4. The van der Waals surface area contributed by atoms with Crippen LogP contribution in [0.15, 0.2) is 26.5 Å². The number of H-pyrrole nitrogens is 1. The highest BCUT2D eigenvalue weighted by Gasteiger charge is 2.20.